The lowest BCUT2D eigenvalue weighted by molar-refractivity contribution is -0.916. The Balaban J connectivity index is 1.04. The highest BCUT2D eigenvalue weighted by atomic mass is 19.3. The third-order valence-corrected chi connectivity index (χ3v) is 9.68. The zero-order valence-corrected chi connectivity index (χ0v) is 28.6. The highest BCUT2D eigenvalue weighted by Gasteiger charge is 2.39. The molecule has 0 aliphatic carbocycles. The average molecular weight is 728 g/mol. The van der Waals surface area contributed by atoms with Crippen molar-refractivity contribution in [2.75, 3.05) is 64.7 Å². The molecule has 0 unspecified atom stereocenters. The molecular formula is C35H39F4N8O5+. The Kier molecular flexibility index (Phi) is 10.5. The zero-order valence-electron chi connectivity index (χ0n) is 28.6. The lowest BCUT2D eigenvalue weighted by atomic mass is 9.98. The minimum Gasteiger partial charge on any atom is -0.465 e. The number of benzene rings is 2. The van der Waals surface area contributed by atoms with Crippen LogP contribution in [-0.2, 0) is 11.2 Å². The van der Waals surface area contributed by atoms with E-state index >= 15 is 0 Å². The first-order valence-electron chi connectivity index (χ1n) is 16.9. The number of likely N-dealkylation sites (tertiary alicyclic amines) is 1. The number of fused-ring (bicyclic) bond motifs is 1. The van der Waals surface area contributed by atoms with Crippen molar-refractivity contribution in [3.05, 3.63) is 71.7 Å². The summed E-state index contributed by atoms with van der Waals surface area (Å²) in [4.78, 5) is 49.0. The van der Waals surface area contributed by atoms with Gasteiger partial charge in [0.15, 0.2) is 23.0 Å². The van der Waals surface area contributed by atoms with E-state index < -0.39 is 30.1 Å². The van der Waals surface area contributed by atoms with Gasteiger partial charge in [0.05, 0.1) is 51.7 Å². The van der Waals surface area contributed by atoms with Crippen molar-refractivity contribution in [3.8, 4) is 17.0 Å². The quantitative estimate of drug-likeness (QED) is 0.142. The summed E-state index contributed by atoms with van der Waals surface area (Å²) in [7, 11) is 2.15. The van der Waals surface area contributed by atoms with Gasteiger partial charge in [-0.3, -0.25) is 14.0 Å². The molecule has 2 aromatic heterocycles. The summed E-state index contributed by atoms with van der Waals surface area (Å²) >= 11 is 0. The Morgan fingerprint density at radius 3 is 2.50 bits per heavy atom. The number of aryl methyl sites for hydroxylation is 1. The van der Waals surface area contributed by atoms with E-state index in [4.69, 9.17) is 5.11 Å². The molecule has 2 aromatic carbocycles. The SMILES string of the molecule is CCc1cc(Nc2nccn3c(-c4ccc(OC(F)F)c(F)c4F)cnc23)ccc1C(=O)NCCC(=O)N1CC[N+](C)(CC2CN(C(=O)O)C2)CC1. The van der Waals surface area contributed by atoms with Crippen LogP contribution in [0.1, 0.15) is 29.3 Å². The second-order valence-corrected chi connectivity index (χ2v) is 13.3. The van der Waals surface area contributed by atoms with Gasteiger partial charge in [-0.1, -0.05) is 6.92 Å². The van der Waals surface area contributed by atoms with Gasteiger partial charge in [0.1, 0.15) is 0 Å². The summed E-state index contributed by atoms with van der Waals surface area (Å²) in [5.74, 6) is -3.55. The van der Waals surface area contributed by atoms with Gasteiger partial charge in [-0.2, -0.15) is 13.2 Å². The van der Waals surface area contributed by atoms with Crippen LogP contribution in [0.25, 0.3) is 16.9 Å². The number of halogens is 4. The molecular weight excluding hydrogens is 688 g/mol. The molecule has 0 radical (unpaired) electrons. The molecule has 52 heavy (non-hydrogen) atoms. The van der Waals surface area contributed by atoms with E-state index in [0.29, 0.717) is 49.8 Å². The number of anilines is 2. The number of hydrogen-bond donors (Lipinski definition) is 3. The molecule has 6 rings (SSSR count). The van der Waals surface area contributed by atoms with Gasteiger partial charge in [0.2, 0.25) is 11.7 Å². The molecule has 276 valence electrons. The number of imidazole rings is 1. The fourth-order valence-electron chi connectivity index (χ4n) is 6.83. The minimum atomic E-state index is -3.31. The van der Waals surface area contributed by atoms with E-state index in [-0.39, 0.29) is 47.5 Å². The van der Waals surface area contributed by atoms with Crippen LogP contribution in [0.2, 0.25) is 0 Å². The molecule has 3 N–H and O–H groups in total. The maximum atomic E-state index is 14.9. The van der Waals surface area contributed by atoms with Crippen molar-refractivity contribution in [2.24, 2.45) is 5.92 Å². The van der Waals surface area contributed by atoms with E-state index in [0.717, 1.165) is 41.8 Å². The van der Waals surface area contributed by atoms with E-state index in [1.165, 1.54) is 27.9 Å². The molecule has 2 saturated heterocycles. The first kappa shape index (κ1) is 36.3. The first-order valence-corrected chi connectivity index (χ1v) is 16.9. The molecule has 4 heterocycles. The lowest BCUT2D eigenvalue weighted by Gasteiger charge is -2.47. The second-order valence-electron chi connectivity index (χ2n) is 13.3. The summed E-state index contributed by atoms with van der Waals surface area (Å²) < 4.78 is 60.8. The molecule has 2 fully saturated rings. The molecule has 2 aliphatic heterocycles. The number of carbonyl (C=O) groups is 3. The summed E-state index contributed by atoms with van der Waals surface area (Å²) in [6, 6.07) is 7.19. The molecule has 0 bridgehead atoms. The van der Waals surface area contributed by atoms with Crippen LogP contribution < -0.4 is 15.4 Å². The van der Waals surface area contributed by atoms with Crippen molar-refractivity contribution < 1.29 is 46.3 Å². The van der Waals surface area contributed by atoms with E-state index in [1.807, 2.05) is 11.8 Å². The Hall–Kier alpha value is -5.45. The monoisotopic (exact) mass is 727 g/mol. The fraction of sp³-hybridized carbons (Fsp3) is 0.400. The van der Waals surface area contributed by atoms with Crippen LogP contribution in [0.5, 0.6) is 5.75 Å². The molecule has 0 atom stereocenters. The van der Waals surface area contributed by atoms with Gasteiger partial charge in [0.25, 0.3) is 5.91 Å². The number of aromatic nitrogens is 3. The van der Waals surface area contributed by atoms with Crippen LogP contribution >= 0.6 is 0 Å². The number of quaternary nitrogens is 1. The third kappa shape index (κ3) is 7.73. The Bertz CT molecular complexity index is 1980. The number of carbonyl (C=O) groups excluding carboxylic acids is 2. The Morgan fingerprint density at radius 1 is 1.06 bits per heavy atom. The van der Waals surface area contributed by atoms with Crippen molar-refractivity contribution in [3.63, 3.8) is 0 Å². The van der Waals surface area contributed by atoms with Crippen LogP contribution in [-0.4, -0.2) is 118 Å². The second kappa shape index (κ2) is 15.0. The van der Waals surface area contributed by atoms with Gasteiger partial charge in [-0.15, -0.1) is 0 Å². The molecule has 13 nitrogen and oxygen atoms in total. The maximum Gasteiger partial charge on any atom is 0.407 e. The van der Waals surface area contributed by atoms with Gasteiger partial charge in [-0.05, 0) is 42.3 Å². The smallest absolute Gasteiger partial charge is 0.407 e. The standard InChI is InChI=1S/C35H38F4N8O5/c1-3-22-16-23(43-31-32-42-17-26(46(32)11-10-40-31)25-6-7-27(52-34(38)39)30(37)29(25)36)4-5-24(22)33(49)41-9-8-28(48)44-12-14-47(2,15-13-44)20-21-18-45(19-21)35(50)51/h4-7,10-11,16-17,21,34H,3,8-9,12-15,18-20H2,1-2H3,(H2-,40,41,43,49,50,51)/p+1. The van der Waals surface area contributed by atoms with Gasteiger partial charge >= 0.3 is 12.7 Å². The third-order valence-electron chi connectivity index (χ3n) is 9.68. The summed E-state index contributed by atoms with van der Waals surface area (Å²) in [5.41, 5.74) is 1.99. The number of alkyl halides is 2. The van der Waals surface area contributed by atoms with Crippen molar-refractivity contribution in [1.29, 1.82) is 0 Å². The summed E-state index contributed by atoms with van der Waals surface area (Å²) in [6.07, 6.45) is 4.04. The van der Waals surface area contributed by atoms with E-state index in [1.54, 1.807) is 18.2 Å². The molecule has 2 aliphatic rings. The van der Waals surface area contributed by atoms with E-state index in [2.05, 4.69) is 32.4 Å². The number of piperazine rings is 1. The Labute approximate surface area is 296 Å². The van der Waals surface area contributed by atoms with Crippen LogP contribution in [0.4, 0.5) is 33.9 Å². The van der Waals surface area contributed by atoms with E-state index in [9.17, 15) is 31.9 Å². The van der Waals surface area contributed by atoms with Crippen molar-refractivity contribution in [2.45, 2.75) is 26.4 Å². The van der Waals surface area contributed by atoms with Gasteiger partial charge in [0, 0.05) is 61.2 Å². The number of ether oxygens (including phenoxy) is 1. The Morgan fingerprint density at radius 2 is 1.81 bits per heavy atom. The fourth-order valence-corrected chi connectivity index (χ4v) is 6.83. The highest BCUT2D eigenvalue weighted by molar-refractivity contribution is 5.96. The number of amides is 3. The van der Waals surface area contributed by atoms with Crippen molar-refractivity contribution >= 4 is 35.1 Å². The average Bonchev–Trinajstić information content (AvgIpc) is 3.53. The largest absolute Gasteiger partial charge is 0.465 e. The molecule has 3 amide bonds. The number of nitrogens with one attached hydrogen (secondary N) is 2. The number of nitrogens with zero attached hydrogens (tertiary/aromatic N) is 6. The minimum absolute atomic E-state index is 0.0306. The normalized spacial score (nSPS) is 15.8. The van der Waals surface area contributed by atoms with Crippen LogP contribution in [0.3, 0.4) is 0 Å². The van der Waals surface area contributed by atoms with Crippen LogP contribution in [0, 0.1) is 17.6 Å². The molecule has 0 spiro atoms. The van der Waals surface area contributed by atoms with Gasteiger partial charge in [-0.25, -0.2) is 19.2 Å². The zero-order chi connectivity index (χ0) is 37.2. The number of rotatable bonds is 12. The highest BCUT2D eigenvalue weighted by Crippen LogP contribution is 2.32. The summed E-state index contributed by atoms with van der Waals surface area (Å²) in [5, 5.41) is 15.1. The number of likely N-dealkylation sites (N-methyl/N-ethyl adjacent to an activating group) is 1. The summed E-state index contributed by atoms with van der Waals surface area (Å²) in [6.45, 7) is 3.57. The lowest BCUT2D eigenvalue weighted by Crippen LogP contribution is -2.63. The molecule has 0 saturated carbocycles. The maximum absolute atomic E-state index is 14.9. The van der Waals surface area contributed by atoms with Gasteiger partial charge < -0.3 is 34.8 Å². The molecule has 4 aromatic rings. The number of hydrogen-bond acceptors (Lipinski definition) is 7. The predicted octanol–water partition coefficient (Wildman–Crippen LogP) is 4.60. The van der Waals surface area contributed by atoms with Crippen LogP contribution in [0.15, 0.2) is 48.9 Å². The first-order chi connectivity index (χ1) is 24.9. The predicted molar refractivity (Wildman–Crippen MR) is 181 cm³/mol. The topological polar surface area (TPSA) is 141 Å². The number of carboxylic acid groups (broad SMARTS) is 1. The molecule has 17 heteroatoms. The van der Waals surface area contributed by atoms with Crippen molar-refractivity contribution in [1.82, 2.24) is 29.5 Å².